The van der Waals surface area contributed by atoms with Crippen LogP contribution >= 0.6 is 0 Å². The predicted molar refractivity (Wildman–Crippen MR) is 102 cm³/mol. The van der Waals surface area contributed by atoms with Crippen LogP contribution in [0, 0.1) is 5.82 Å². The average Bonchev–Trinajstić information content (AvgIpc) is 3.14. The Morgan fingerprint density at radius 3 is 2.63 bits per heavy atom. The molecule has 0 radical (unpaired) electrons. The van der Waals surface area contributed by atoms with Crippen LogP contribution < -0.4 is 5.32 Å². The molecule has 2 aliphatic heterocycles. The van der Waals surface area contributed by atoms with Gasteiger partial charge in [0.2, 0.25) is 0 Å². The molecule has 1 N–H and O–H groups in total. The largest absolute Gasteiger partial charge is 0.336 e. The van der Waals surface area contributed by atoms with E-state index in [-0.39, 0.29) is 17.6 Å². The van der Waals surface area contributed by atoms with Gasteiger partial charge in [-0.2, -0.15) is 5.10 Å². The van der Waals surface area contributed by atoms with Crippen LogP contribution in [0.3, 0.4) is 0 Å². The second-order valence-corrected chi connectivity index (χ2v) is 7.45. The Labute approximate surface area is 158 Å². The summed E-state index contributed by atoms with van der Waals surface area (Å²) in [4.78, 5) is 17.4. The fourth-order valence-corrected chi connectivity index (χ4v) is 4.00. The first-order valence-corrected chi connectivity index (χ1v) is 9.66. The van der Waals surface area contributed by atoms with Gasteiger partial charge in [-0.25, -0.2) is 9.07 Å². The summed E-state index contributed by atoms with van der Waals surface area (Å²) in [5, 5.41) is 7.88. The lowest BCUT2D eigenvalue weighted by atomic mass is 9.91. The van der Waals surface area contributed by atoms with Crippen LogP contribution in [0.2, 0.25) is 0 Å². The highest BCUT2D eigenvalue weighted by molar-refractivity contribution is 5.95. The van der Waals surface area contributed by atoms with Crippen molar-refractivity contribution in [1.29, 1.82) is 0 Å². The predicted octanol–water partition coefficient (Wildman–Crippen LogP) is 1.87. The summed E-state index contributed by atoms with van der Waals surface area (Å²) in [5.74, 6) is -0.0195. The van der Waals surface area contributed by atoms with Crippen LogP contribution in [0.15, 0.2) is 30.5 Å². The number of amides is 1. The molecule has 1 aromatic carbocycles. The molecule has 0 aliphatic carbocycles. The molecule has 0 atom stereocenters. The first kappa shape index (κ1) is 18.1. The van der Waals surface area contributed by atoms with Crippen LogP contribution in [-0.2, 0) is 0 Å². The zero-order valence-electron chi connectivity index (χ0n) is 15.7. The second kappa shape index (κ2) is 7.78. The van der Waals surface area contributed by atoms with Gasteiger partial charge in [0.25, 0.3) is 5.91 Å². The van der Waals surface area contributed by atoms with Crippen molar-refractivity contribution in [3.8, 4) is 5.69 Å². The third-order valence-electron chi connectivity index (χ3n) is 5.61. The topological polar surface area (TPSA) is 53.4 Å². The van der Waals surface area contributed by atoms with Gasteiger partial charge in [-0.3, -0.25) is 4.79 Å². The molecule has 1 amide bonds. The van der Waals surface area contributed by atoms with Crippen LogP contribution in [0.25, 0.3) is 5.69 Å². The molecule has 6 nitrogen and oxygen atoms in total. The first-order chi connectivity index (χ1) is 13.1. The summed E-state index contributed by atoms with van der Waals surface area (Å²) in [7, 11) is 2.07. The lowest BCUT2D eigenvalue weighted by Gasteiger charge is -2.33. The Hall–Kier alpha value is -2.25. The molecular formula is C20H26FN5O. The molecule has 0 saturated carbocycles. The van der Waals surface area contributed by atoms with E-state index < -0.39 is 0 Å². The van der Waals surface area contributed by atoms with Crippen molar-refractivity contribution >= 4 is 5.91 Å². The van der Waals surface area contributed by atoms with Gasteiger partial charge in [0, 0.05) is 32.1 Å². The fraction of sp³-hybridized carbons (Fsp3) is 0.500. The molecule has 0 bridgehead atoms. The number of nitrogens with zero attached hydrogens (tertiary/aromatic N) is 4. The van der Waals surface area contributed by atoms with Crippen LogP contribution in [0.1, 0.15) is 34.8 Å². The molecule has 2 saturated heterocycles. The van der Waals surface area contributed by atoms with Gasteiger partial charge in [0.1, 0.15) is 5.82 Å². The van der Waals surface area contributed by atoms with Crippen molar-refractivity contribution in [3.63, 3.8) is 0 Å². The van der Waals surface area contributed by atoms with Gasteiger partial charge < -0.3 is 15.1 Å². The monoisotopic (exact) mass is 371 g/mol. The lowest BCUT2D eigenvalue weighted by molar-refractivity contribution is 0.0662. The Balaban J connectivity index is 1.71. The molecule has 144 valence electrons. The van der Waals surface area contributed by atoms with Crippen LogP contribution in [-0.4, -0.2) is 71.8 Å². The number of nitrogens with one attached hydrogen (secondary N) is 1. The summed E-state index contributed by atoms with van der Waals surface area (Å²) in [6, 6.07) is 6.42. The van der Waals surface area contributed by atoms with E-state index in [1.54, 1.807) is 16.9 Å². The fourth-order valence-electron chi connectivity index (χ4n) is 4.00. The standard InChI is InChI=1S/C20H26FN5O/c1-24-9-11-25(12-10-24)20(27)18-14-23-26(17-4-2-3-16(21)13-17)19(18)15-5-7-22-8-6-15/h2-4,13-15,22H,5-12H2,1H3. The molecule has 3 heterocycles. The van der Waals surface area contributed by atoms with Crippen LogP contribution in [0.5, 0.6) is 0 Å². The second-order valence-electron chi connectivity index (χ2n) is 7.45. The third-order valence-corrected chi connectivity index (χ3v) is 5.61. The SMILES string of the molecule is CN1CCN(C(=O)c2cnn(-c3cccc(F)c3)c2C2CCNCC2)CC1. The van der Waals surface area contributed by atoms with Gasteiger partial charge in [-0.15, -0.1) is 0 Å². The van der Waals surface area contributed by atoms with Crippen molar-refractivity contribution in [2.24, 2.45) is 0 Å². The highest BCUT2D eigenvalue weighted by atomic mass is 19.1. The maximum atomic E-state index is 13.8. The lowest BCUT2D eigenvalue weighted by Crippen LogP contribution is -2.47. The molecule has 0 spiro atoms. The minimum Gasteiger partial charge on any atom is -0.336 e. The summed E-state index contributed by atoms with van der Waals surface area (Å²) < 4.78 is 15.6. The zero-order valence-corrected chi connectivity index (χ0v) is 15.7. The maximum absolute atomic E-state index is 13.8. The van der Waals surface area contributed by atoms with E-state index in [1.165, 1.54) is 12.1 Å². The Bertz CT molecular complexity index is 806. The molecule has 2 aromatic rings. The highest BCUT2D eigenvalue weighted by Gasteiger charge is 2.30. The molecule has 0 unspecified atom stereocenters. The molecule has 4 rings (SSSR count). The van der Waals surface area contributed by atoms with E-state index in [9.17, 15) is 9.18 Å². The number of carbonyl (C=O) groups is 1. The molecule has 2 fully saturated rings. The minimum absolute atomic E-state index is 0.0410. The number of likely N-dealkylation sites (N-methyl/N-ethyl adjacent to an activating group) is 1. The van der Waals surface area contributed by atoms with Crippen molar-refractivity contribution in [3.05, 3.63) is 47.5 Å². The number of hydrogen-bond donors (Lipinski definition) is 1. The number of hydrogen-bond acceptors (Lipinski definition) is 4. The van der Waals surface area contributed by atoms with E-state index in [2.05, 4.69) is 22.4 Å². The summed E-state index contributed by atoms with van der Waals surface area (Å²) in [6.07, 6.45) is 3.57. The number of piperidine rings is 1. The highest BCUT2D eigenvalue weighted by Crippen LogP contribution is 2.31. The quantitative estimate of drug-likeness (QED) is 0.895. The minimum atomic E-state index is -0.300. The van der Waals surface area contributed by atoms with Crippen molar-refractivity contribution in [1.82, 2.24) is 24.9 Å². The van der Waals surface area contributed by atoms with E-state index in [1.807, 2.05) is 11.0 Å². The number of aromatic nitrogens is 2. The summed E-state index contributed by atoms with van der Waals surface area (Å²) in [5.41, 5.74) is 2.25. The zero-order chi connectivity index (χ0) is 18.8. The number of halogens is 1. The third kappa shape index (κ3) is 3.75. The van der Waals surface area contributed by atoms with Crippen molar-refractivity contribution in [2.75, 3.05) is 46.3 Å². The molecule has 2 aliphatic rings. The summed E-state index contributed by atoms with van der Waals surface area (Å²) >= 11 is 0. The van der Waals surface area contributed by atoms with Gasteiger partial charge in [0.05, 0.1) is 23.1 Å². The Kier molecular flexibility index (Phi) is 5.22. The summed E-state index contributed by atoms with van der Waals surface area (Å²) in [6.45, 7) is 5.06. The number of rotatable bonds is 3. The van der Waals surface area contributed by atoms with Gasteiger partial charge in [-0.1, -0.05) is 6.07 Å². The van der Waals surface area contributed by atoms with Crippen LogP contribution in [0.4, 0.5) is 4.39 Å². The normalized spacial score (nSPS) is 19.4. The van der Waals surface area contributed by atoms with Gasteiger partial charge in [0.15, 0.2) is 0 Å². The molecule has 7 heteroatoms. The molecule has 1 aromatic heterocycles. The van der Waals surface area contributed by atoms with Gasteiger partial charge >= 0.3 is 0 Å². The number of piperazine rings is 1. The van der Waals surface area contributed by atoms with E-state index >= 15 is 0 Å². The maximum Gasteiger partial charge on any atom is 0.257 e. The van der Waals surface area contributed by atoms with Gasteiger partial charge in [-0.05, 0) is 51.2 Å². The molecular weight excluding hydrogens is 345 g/mol. The van der Waals surface area contributed by atoms with Crippen molar-refractivity contribution < 1.29 is 9.18 Å². The van der Waals surface area contributed by atoms with E-state index in [0.717, 1.165) is 57.8 Å². The number of carbonyl (C=O) groups excluding carboxylic acids is 1. The number of benzene rings is 1. The Morgan fingerprint density at radius 2 is 1.93 bits per heavy atom. The van der Waals surface area contributed by atoms with E-state index in [4.69, 9.17) is 0 Å². The average molecular weight is 371 g/mol. The Morgan fingerprint density at radius 1 is 1.19 bits per heavy atom. The van der Waals surface area contributed by atoms with E-state index in [0.29, 0.717) is 11.3 Å². The van der Waals surface area contributed by atoms with Crippen molar-refractivity contribution in [2.45, 2.75) is 18.8 Å². The molecule has 27 heavy (non-hydrogen) atoms. The first-order valence-electron chi connectivity index (χ1n) is 9.66. The smallest absolute Gasteiger partial charge is 0.257 e.